The molecule has 0 amide bonds. The van der Waals surface area contributed by atoms with Gasteiger partial charge in [-0.25, -0.2) is 0 Å². The largest absolute Gasteiger partial charge is 0.379 e. The van der Waals surface area contributed by atoms with Crippen LogP contribution in [0.4, 0.5) is 0 Å². The predicted molar refractivity (Wildman–Crippen MR) is 187 cm³/mol. The van der Waals surface area contributed by atoms with Gasteiger partial charge < -0.3 is 62.2 Å². The summed E-state index contributed by atoms with van der Waals surface area (Å²) in [6.07, 6.45) is 7.67. The van der Waals surface area contributed by atoms with Crippen LogP contribution in [-0.2, 0) is 61.6 Å². The molecule has 2 saturated carbocycles. The average Bonchev–Trinajstić information content (AvgIpc) is 3.93. The normalized spacial score (nSPS) is 14.8. The van der Waals surface area contributed by atoms with Crippen molar-refractivity contribution in [1.29, 1.82) is 0 Å². The van der Waals surface area contributed by atoms with Gasteiger partial charge in [0, 0.05) is 19.4 Å². The summed E-state index contributed by atoms with van der Waals surface area (Å²) in [5, 5.41) is 3.40. The van der Waals surface area contributed by atoms with Gasteiger partial charge >= 0.3 is 0 Å². The highest BCUT2D eigenvalue weighted by Gasteiger charge is 2.20. The molecule has 50 heavy (non-hydrogen) atoms. The van der Waals surface area contributed by atoms with Crippen molar-refractivity contribution >= 4 is 5.78 Å². The van der Waals surface area contributed by atoms with Gasteiger partial charge in [0.25, 0.3) is 0 Å². The van der Waals surface area contributed by atoms with Crippen molar-refractivity contribution in [1.82, 2.24) is 5.32 Å². The molecule has 0 spiro atoms. The molecule has 2 fully saturated rings. The van der Waals surface area contributed by atoms with Crippen molar-refractivity contribution in [2.24, 2.45) is 11.8 Å². The van der Waals surface area contributed by atoms with Gasteiger partial charge in [0.05, 0.1) is 159 Å². The topological polar surface area (TPSA) is 140 Å². The summed E-state index contributed by atoms with van der Waals surface area (Å²) in [4.78, 5) is 11.8. The van der Waals surface area contributed by atoms with E-state index in [9.17, 15) is 4.79 Å². The van der Waals surface area contributed by atoms with Gasteiger partial charge in [0.15, 0.2) is 0 Å². The first-order valence-corrected chi connectivity index (χ1v) is 19.0. The second-order valence-corrected chi connectivity index (χ2v) is 12.3. The van der Waals surface area contributed by atoms with Gasteiger partial charge in [-0.3, -0.25) is 4.79 Å². The van der Waals surface area contributed by atoms with Crippen LogP contribution in [0.3, 0.4) is 0 Å². The monoisotopic (exact) mass is 723 g/mol. The Labute approximate surface area is 301 Å². The van der Waals surface area contributed by atoms with Crippen LogP contribution in [0, 0.1) is 11.8 Å². The molecule has 0 aliphatic heterocycles. The SMILES string of the molecule is O=C(CCOCCOCCOCCOCCOCCOCCOCCOCCOCCOCCOCCOCCNCC1CC1)CC1CCC1. The average molecular weight is 724 g/mol. The van der Waals surface area contributed by atoms with Crippen molar-refractivity contribution in [2.45, 2.75) is 44.9 Å². The third kappa shape index (κ3) is 33.0. The molecule has 0 atom stereocenters. The molecular formula is C36H69NO13. The summed E-state index contributed by atoms with van der Waals surface area (Å²) >= 11 is 0. The summed E-state index contributed by atoms with van der Waals surface area (Å²) < 4.78 is 65.9. The molecule has 2 aliphatic carbocycles. The van der Waals surface area contributed by atoms with Crippen LogP contribution in [0.5, 0.6) is 0 Å². The fraction of sp³-hybridized carbons (Fsp3) is 0.972. The molecule has 2 rings (SSSR count). The molecule has 0 radical (unpaired) electrons. The first-order chi connectivity index (χ1) is 24.8. The Morgan fingerprint density at radius 3 is 0.960 bits per heavy atom. The van der Waals surface area contributed by atoms with Crippen molar-refractivity contribution in [3.63, 3.8) is 0 Å². The van der Waals surface area contributed by atoms with Crippen molar-refractivity contribution in [3.8, 4) is 0 Å². The van der Waals surface area contributed by atoms with Gasteiger partial charge in [-0.15, -0.1) is 0 Å². The third-order valence-corrected chi connectivity index (χ3v) is 7.91. The van der Waals surface area contributed by atoms with Crippen LogP contribution in [0.2, 0.25) is 0 Å². The first kappa shape index (κ1) is 45.3. The van der Waals surface area contributed by atoms with E-state index in [1.165, 1.54) is 32.1 Å². The molecule has 296 valence electrons. The molecule has 0 saturated heterocycles. The Morgan fingerprint density at radius 2 is 0.680 bits per heavy atom. The lowest BCUT2D eigenvalue weighted by molar-refractivity contribution is -0.121. The van der Waals surface area contributed by atoms with E-state index in [0.717, 1.165) is 32.0 Å². The van der Waals surface area contributed by atoms with Crippen LogP contribution >= 0.6 is 0 Å². The van der Waals surface area contributed by atoms with E-state index in [-0.39, 0.29) is 0 Å². The molecule has 14 heteroatoms. The summed E-state index contributed by atoms with van der Waals surface area (Å²) in [6.45, 7) is 14.8. The number of Topliss-reactive ketones (excluding diaryl/α,β-unsaturated/α-hetero) is 1. The fourth-order valence-electron chi connectivity index (χ4n) is 4.60. The van der Waals surface area contributed by atoms with E-state index in [1.807, 2.05) is 0 Å². The molecule has 1 N–H and O–H groups in total. The lowest BCUT2D eigenvalue weighted by Gasteiger charge is -2.24. The van der Waals surface area contributed by atoms with Crippen LogP contribution in [0.1, 0.15) is 44.9 Å². The highest BCUT2D eigenvalue weighted by atomic mass is 16.6. The number of rotatable bonds is 43. The lowest BCUT2D eigenvalue weighted by Crippen LogP contribution is -2.22. The molecule has 0 unspecified atom stereocenters. The second-order valence-electron chi connectivity index (χ2n) is 12.3. The van der Waals surface area contributed by atoms with Gasteiger partial charge in [0.1, 0.15) is 5.78 Å². The van der Waals surface area contributed by atoms with Gasteiger partial charge in [-0.2, -0.15) is 0 Å². The van der Waals surface area contributed by atoms with Crippen molar-refractivity contribution < 1.29 is 61.6 Å². The van der Waals surface area contributed by atoms with Crippen molar-refractivity contribution in [2.75, 3.05) is 172 Å². The van der Waals surface area contributed by atoms with Gasteiger partial charge in [0.2, 0.25) is 0 Å². The minimum Gasteiger partial charge on any atom is -0.379 e. The van der Waals surface area contributed by atoms with E-state index in [1.54, 1.807) is 0 Å². The van der Waals surface area contributed by atoms with Crippen LogP contribution in [0.15, 0.2) is 0 Å². The maximum atomic E-state index is 11.8. The molecule has 0 aromatic carbocycles. The predicted octanol–water partition coefficient (Wildman–Crippen LogP) is 2.33. The zero-order valence-corrected chi connectivity index (χ0v) is 30.8. The standard InChI is InChI=1S/C36H69NO13/c38-36(32-34-2-1-3-34)6-8-39-10-12-41-14-16-43-18-20-45-22-24-47-26-28-49-30-31-50-29-27-48-25-23-46-21-19-44-17-15-42-13-11-40-9-7-37-33-35-4-5-35/h34-35,37H,1-33H2. The quantitative estimate of drug-likeness (QED) is 0.0921. The molecule has 14 nitrogen and oxygen atoms in total. The molecule has 0 aromatic rings. The maximum Gasteiger partial charge on any atom is 0.135 e. The Bertz CT molecular complexity index is 715. The second kappa shape index (κ2) is 36.5. The van der Waals surface area contributed by atoms with Gasteiger partial charge in [-0.05, 0) is 31.2 Å². The Kier molecular flexibility index (Phi) is 33.1. The van der Waals surface area contributed by atoms with E-state index in [4.69, 9.17) is 56.8 Å². The highest BCUT2D eigenvalue weighted by Crippen LogP contribution is 2.29. The van der Waals surface area contributed by atoms with Gasteiger partial charge in [-0.1, -0.05) is 19.3 Å². The van der Waals surface area contributed by atoms with Crippen LogP contribution < -0.4 is 5.32 Å². The van der Waals surface area contributed by atoms with E-state index in [0.29, 0.717) is 170 Å². The minimum atomic E-state index is 0.317. The smallest absolute Gasteiger partial charge is 0.135 e. The zero-order chi connectivity index (χ0) is 35.3. The number of carbonyl (C=O) groups excluding carboxylic acids is 1. The summed E-state index contributed by atoms with van der Waals surface area (Å²) in [5.41, 5.74) is 0. The summed E-state index contributed by atoms with van der Waals surface area (Å²) in [6, 6.07) is 0. The van der Waals surface area contributed by atoms with Crippen molar-refractivity contribution in [3.05, 3.63) is 0 Å². The summed E-state index contributed by atoms with van der Waals surface area (Å²) in [7, 11) is 0. The zero-order valence-electron chi connectivity index (χ0n) is 30.8. The third-order valence-electron chi connectivity index (χ3n) is 7.91. The number of hydrogen-bond acceptors (Lipinski definition) is 14. The molecular weight excluding hydrogens is 654 g/mol. The fourth-order valence-corrected chi connectivity index (χ4v) is 4.60. The number of ketones is 1. The Morgan fingerprint density at radius 1 is 0.380 bits per heavy atom. The molecule has 0 bridgehead atoms. The minimum absolute atomic E-state index is 0.317. The van der Waals surface area contributed by atoms with Crippen LogP contribution in [-0.4, -0.2) is 177 Å². The van der Waals surface area contributed by atoms with E-state index < -0.39 is 0 Å². The van der Waals surface area contributed by atoms with Crippen LogP contribution in [0.25, 0.3) is 0 Å². The Hall–Kier alpha value is -0.850. The summed E-state index contributed by atoms with van der Waals surface area (Å²) in [5.74, 6) is 1.85. The number of carbonyl (C=O) groups is 1. The lowest BCUT2D eigenvalue weighted by atomic mass is 9.81. The first-order valence-electron chi connectivity index (χ1n) is 19.0. The number of ether oxygens (including phenoxy) is 12. The molecule has 0 aromatic heterocycles. The van der Waals surface area contributed by atoms with E-state index in [2.05, 4.69) is 5.32 Å². The number of nitrogens with one attached hydrogen (secondary N) is 1. The maximum absolute atomic E-state index is 11.8. The molecule has 0 heterocycles. The highest BCUT2D eigenvalue weighted by molar-refractivity contribution is 5.78. The Balaban J connectivity index is 1.10. The van der Waals surface area contributed by atoms with E-state index >= 15 is 0 Å². The number of hydrogen-bond donors (Lipinski definition) is 1. The molecule has 2 aliphatic rings.